The molecule has 0 unspecified atom stereocenters. The summed E-state index contributed by atoms with van der Waals surface area (Å²) in [6, 6.07) is 16.5. The first-order valence-electron chi connectivity index (χ1n) is 16.2. The molecule has 4 heterocycles. The Bertz CT molecular complexity index is 1740. The number of carbonyl (C=O) groups is 6. The average molecular weight is 723 g/mol. The van der Waals surface area contributed by atoms with E-state index in [2.05, 4.69) is 0 Å². The lowest BCUT2D eigenvalue weighted by atomic mass is 9.95. The second-order valence-electron chi connectivity index (χ2n) is 12.8. The van der Waals surface area contributed by atoms with Gasteiger partial charge in [0.1, 0.15) is 36.1 Å². The van der Waals surface area contributed by atoms with Crippen LogP contribution >= 0.6 is 0 Å². The van der Waals surface area contributed by atoms with Crippen LogP contribution in [0.5, 0.6) is 0 Å². The first kappa shape index (κ1) is 38.1. The van der Waals surface area contributed by atoms with Crippen molar-refractivity contribution in [2.75, 3.05) is 13.2 Å². The van der Waals surface area contributed by atoms with Gasteiger partial charge < -0.3 is 39.4 Å². The Morgan fingerprint density at radius 2 is 1.21 bits per heavy atom. The first-order valence-corrected chi connectivity index (χ1v) is 16.2. The van der Waals surface area contributed by atoms with Crippen molar-refractivity contribution in [2.45, 2.75) is 74.8 Å². The van der Waals surface area contributed by atoms with E-state index in [0.29, 0.717) is 5.56 Å². The summed E-state index contributed by atoms with van der Waals surface area (Å²) in [5.41, 5.74) is -3.03. The number of aliphatic hydroxyl groups excluding tert-OH is 2. The highest BCUT2D eigenvalue weighted by molar-refractivity contribution is 6.07. The van der Waals surface area contributed by atoms with Gasteiger partial charge in [0.05, 0.1) is 30.6 Å². The molecule has 0 bridgehead atoms. The summed E-state index contributed by atoms with van der Waals surface area (Å²) >= 11 is 0. The molecule has 16 nitrogen and oxygen atoms in total. The van der Waals surface area contributed by atoms with Gasteiger partial charge in [-0.2, -0.15) is 0 Å². The minimum Gasteiger partial charge on any atom is -0.459 e. The Hall–Kier alpha value is -5.10. The number of rotatable bonds is 8. The summed E-state index contributed by atoms with van der Waals surface area (Å²) in [4.78, 5) is 74.1. The summed E-state index contributed by atoms with van der Waals surface area (Å²) in [6.45, 7) is 1.85. The second kappa shape index (κ2) is 15.6. The van der Waals surface area contributed by atoms with Crippen molar-refractivity contribution in [3.63, 3.8) is 0 Å². The summed E-state index contributed by atoms with van der Waals surface area (Å²) in [5, 5.41) is 40.3. The second-order valence-corrected chi connectivity index (χ2v) is 12.8. The normalized spacial score (nSPS) is 31.3. The van der Waals surface area contributed by atoms with Crippen LogP contribution in [0.3, 0.4) is 0 Å². The standard InChI is InChI=1S/C25H23NO8.C11H15NO6/c1-25(31)21(34-23(30)17-10-6-3-7-11-17)19(15-32-22(29)16-8-4-2-5-9-16)33-24(25)26-13-12-18(27)14-20(26)28;1-11(17)9(16)7(5-13)18-10(11)12-3-2-6(14)4-8(12)15/h2-13,19,21,24,31H,14-15H2,1H3;2-3,7,9-10,13,16-17H,4-5H2,1H3/t19-,21-,24-,25+;7-,9-,10-,11+/m11/s1. The molecule has 0 aromatic heterocycles. The number of allylic oxidation sites excluding steroid dienone is 2. The molecule has 0 spiro atoms. The zero-order valence-electron chi connectivity index (χ0n) is 28.1. The smallest absolute Gasteiger partial charge is 0.338 e. The largest absolute Gasteiger partial charge is 0.459 e. The average Bonchev–Trinajstić information content (AvgIpc) is 3.50. The van der Waals surface area contributed by atoms with Crippen molar-refractivity contribution in [3.8, 4) is 0 Å². The van der Waals surface area contributed by atoms with Crippen LogP contribution in [0.25, 0.3) is 0 Å². The van der Waals surface area contributed by atoms with Crippen molar-refractivity contribution >= 4 is 35.3 Å². The van der Waals surface area contributed by atoms with E-state index < -0.39 is 78.4 Å². The monoisotopic (exact) mass is 722 g/mol. The van der Waals surface area contributed by atoms with Gasteiger partial charge in [-0.25, -0.2) is 9.59 Å². The molecule has 276 valence electrons. The molecule has 0 aliphatic carbocycles. The molecule has 8 atom stereocenters. The van der Waals surface area contributed by atoms with Crippen LogP contribution < -0.4 is 0 Å². The van der Waals surface area contributed by atoms with Crippen LogP contribution in [0.15, 0.2) is 85.2 Å². The van der Waals surface area contributed by atoms with E-state index in [0.717, 1.165) is 9.80 Å². The van der Waals surface area contributed by atoms with Crippen molar-refractivity contribution < 1.29 is 68.1 Å². The van der Waals surface area contributed by atoms with Gasteiger partial charge in [0.25, 0.3) is 0 Å². The van der Waals surface area contributed by atoms with Gasteiger partial charge in [-0.05, 0) is 50.3 Å². The van der Waals surface area contributed by atoms with Gasteiger partial charge in [-0.15, -0.1) is 0 Å². The van der Waals surface area contributed by atoms with Crippen molar-refractivity contribution in [3.05, 3.63) is 96.3 Å². The maximum absolute atomic E-state index is 12.7. The molecule has 4 aliphatic heterocycles. The molecule has 2 aromatic rings. The maximum atomic E-state index is 12.7. The van der Waals surface area contributed by atoms with Gasteiger partial charge in [-0.3, -0.25) is 29.0 Å². The fraction of sp³-hybridized carbons (Fsp3) is 0.389. The van der Waals surface area contributed by atoms with Crippen LogP contribution in [0.4, 0.5) is 0 Å². The zero-order valence-corrected chi connectivity index (χ0v) is 28.1. The van der Waals surface area contributed by atoms with Crippen LogP contribution in [0.2, 0.25) is 0 Å². The molecule has 16 heteroatoms. The number of ketones is 2. The summed E-state index contributed by atoms with van der Waals surface area (Å²) < 4.78 is 22.1. The van der Waals surface area contributed by atoms with E-state index in [1.54, 1.807) is 60.7 Å². The van der Waals surface area contributed by atoms with E-state index in [1.807, 2.05) is 0 Å². The SMILES string of the molecule is C[C@]1(O)[C@H](O)[C@@H](CO)O[C@H]1N1C=CC(=O)CC1=O.C[C@]1(O)[C@H](OC(=O)c2ccccc2)[C@@H](COC(=O)c2ccccc2)O[C@H]1N1C=CC(=O)CC1=O. The fourth-order valence-corrected chi connectivity index (χ4v) is 6.03. The predicted molar refractivity (Wildman–Crippen MR) is 175 cm³/mol. The number of aliphatic hydroxyl groups is 4. The maximum Gasteiger partial charge on any atom is 0.338 e. The lowest BCUT2D eigenvalue weighted by Gasteiger charge is -2.35. The third kappa shape index (κ3) is 8.02. The molecular formula is C36H38N2O14. The molecule has 6 rings (SSSR count). The molecule has 4 N–H and O–H groups in total. The quantitative estimate of drug-likeness (QED) is 0.208. The summed E-state index contributed by atoms with van der Waals surface area (Å²) in [5.74, 6) is -3.14. The fourth-order valence-electron chi connectivity index (χ4n) is 6.03. The molecule has 52 heavy (non-hydrogen) atoms. The lowest BCUT2D eigenvalue weighted by molar-refractivity contribution is -0.159. The molecular weight excluding hydrogens is 684 g/mol. The third-order valence-corrected chi connectivity index (χ3v) is 8.86. The van der Waals surface area contributed by atoms with Crippen LogP contribution in [-0.2, 0) is 38.1 Å². The number of hydrogen-bond acceptors (Lipinski definition) is 14. The predicted octanol–water partition coefficient (Wildman–Crippen LogP) is -0.00940. The van der Waals surface area contributed by atoms with Crippen LogP contribution in [0.1, 0.15) is 47.4 Å². The van der Waals surface area contributed by atoms with E-state index in [4.69, 9.17) is 24.1 Å². The highest BCUT2D eigenvalue weighted by atomic mass is 16.6. The van der Waals surface area contributed by atoms with Gasteiger partial charge in [0, 0.05) is 12.4 Å². The van der Waals surface area contributed by atoms with Crippen LogP contribution in [-0.4, -0.2) is 127 Å². The highest BCUT2D eigenvalue weighted by Crippen LogP contribution is 2.37. The number of ether oxygens (including phenoxy) is 4. The van der Waals surface area contributed by atoms with E-state index in [1.165, 1.54) is 38.4 Å². The Morgan fingerprint density at radius 1 is 0.750 bits per heavy atom. The van der Waals surface area contributed by atoms with E-state index in [-0.39, 0.29) is 36.6 Å². The molecule has 2 fully saturated rings. The number of nitrogens with zero attached hydrogens (tertiary/aromatic N) is 2. The van der Waals surface area contributed by atoms with Gasteiger partial charge >= 0.3 is 11.9 Å². The molecule has 0 radical (unpaired) electrons. The van der Waals surface area contributed by atoms with Gasteiger partial charge in [0.15, 0.2) is 30.1 Å². The minimum atomic E-state index is -1.88. The lowest BCUT2D eigenvalue weighted by Crippen LogP contribution is -2.55. The third-order valence-electron chi connectivity index (χ3n) is 8.86. The number of hydrogen-bond donors (Lipinski definition) is 4. The first-order chi connectivity index (χ1) is 24.6. The summed E-state index contributed by atoms with van der Waals surface area (Å²) in [6.07, 6.45) is -2.88. The molecule has 0 saturated carbocycles. The van der Waals surface area contributed by atoms with Crippen molar-refractivity contribution in [1.82, 2.24) is 9.80 Å². The van der Waals surface area contributed by atoms with Crippen molar-refractivity contribution in [1.29, 1.82) is 0 Å². The Labute approximate surface area is 297 Å². The molecule has 4 aliphatic rings. The number of benzene rings is 2. The van der Waals surface area contributed by atoms with Crippen molar-refractivity contribution in [2.24, 2.45) is 0 Å². The number of esters is 2. The highest BCUT2D eigenvalue weighted by Gasteiger charge is 2.59. The Kier molecular flexibility index (Phi) is 11.5. The minimum absolute atomic E-state index is 0.251. The van der Waals surface area contributed by atoms with E-state index in [9.17, 15) is 44.1 Å². The topological polar surface area (TPSA) is 227 Å². The molecule has 2 saturated heterocycles. The van der Waals surface area contributed by atoms with Gasteiger partial charge in [0.2, 0.25) is 11.8 Å². The van der Waals surface area contributed by atoms with Crippen LogP contribution in [0, 0.1) is 0 Å². The number of carbonyl (C=O) groups excluding carboxylic acids is 6. The molecule has 2 aromatic carbocycles. The number of amides is 2. The summed E-state index contributed by atoms with van der Waals surface area (Å²) in [7, 11) is 0. The van der Waals surface area contributed by atoms with Gasteiger partial charge in [-0.1, -0.05) is 36.4 Å². The Balaban J connectivity index is 0.000000244. The van der Waals surface area contributed by atoms with E-state index >= 15 is 0 Å². The Morgan fingerprint density at radius 3 is 1.67 bits per heavy atom. The zero-order chi connectivity index (χ0) is 37.8. The molecule has 2 amide bonds.